The topological polar surface area (TPSA) is 128 Å². The van der Waals surface area contributed by atoms with Crippen LogP contribution in [0, 0.1) is 23.2 Å². The van der Waals surface area contributed by atoms with Crippen molar-refractivity contribution in [3.63, 3.8) is 0 Å². The highest BCUT2D eigenvalue weighted by molar-refractivity contribution is 5.89. The molecule has 3 aliphatic rings. The van der Waals surface area contributed by atoms with Crippen LogP contribution in [-0.2, 0) is 25.5 Å². The fourth-order valence-electron chi connectivity index (χ4n) is 7.13. The van der Waals surface area contributed by atoms with Gasteiger partial charge in [0.25, 0.3) is 0 Å². The summed E-state index contributed by atoms with van der Waals surface area (Å²) in [6.07, 6.45) is 9.68. The maximum atomic E-state index is 14.3. The number of nitrogens with zero attached hydrogens (tertiary/aromatic N) is 3. The molecule has 1 N–H and O–H groups in total. The van der Waals surface area contributed by atoms with Crippen LogP contribution in [-0.4, -0.2) is 69.7 Å². The van der Waals surface area contributed by atoms with Gasteiger partial charge in [-0.2, -0.15) is 0 Å². The summed E-state index contributed by atoms with van der Waals surface area (Å²) >= 11 is 0. The van der Waals surface area contributed by atoms with Crippen LogP contribution < -0.4 is 9.47 Å². The fourth-order valence-corrected chi connectivity index (χ4v) is 7.13. The van der Waals surface area contributed by atoms with Crippen LogP contribution in [0.25, 0.3) is 11.0 Å². The van der Waals surface area contributed by atoms with Gasteiger partial charge in [0.2, 0.25) is 11.8 Å². The molecule has 5 rings (SSSR count). The minimum atomic E-state index is -1.10. The first-order chi connectivity index (χ1) is 21.5. The largest absolute Gasteiger partial charge is 0.497 e. The Morgan fingerprint density at radius 2 is 1.82 bits per heavy atom. The Labute approximate surface area is 265 Å². The molecule has 1 aromatic heterocycles. The van der Waals surface area contributed by atoms with Gasteiger partial charge in [-0.15, -0.1) is 0 Å². The predicted octanol–water partition coefficient (Wildman–Crippen LogP) is 5.75. The maximum absolute atomic E-state index is 14.3. The predicted molar refractivity (Wildman–Crippen MR) is 169 cm³/mol. The molecule has 0 unspecified atom stereocenters. The van der Waals surface area contributed by atoms with Gasteiger partial charge in [0.05, 0.1) is 37.0 Å². The van der Waals surface area contributed by atoms with Crippen LogP contribution in [0.4, 0.5) is 0 Å². The molecular weight excluding hydrogens is 574 g/mol. The Hall–Kier alpha value is -3.69. The summed E-state index contributed by atoms with van der Waals surface area (Å²) in [7, 11) is 1.60. The highest BCUT2D eigenvalue weighted by atomic mass is 16.5. The summed E-state index contributed by atoms with van der Waals surface area (Å²) < 4.78 is 18.0. The van der Waals surface area contributed by atoms with Crippen molar-refractivity contribution in [1.29, 1.82) is 0 Å². The van der Waals surface area contributed by atoms with E-state index in [1.54, 1.807) is 13.2 Å². The van der Waals surface area contributed by atoms with Crippen LogP contribution >= 0.6 is 0 Å². The van der Waals surface area contributed by atoms with Gasteiger partial charge in [0, 0.05) is 18.4 Å². The Bertz CT molecular complexity index is 1430. The van der Waals surface area contributed by atoms with E-state index in [0.29, 0.717) is 36.4 Å². The van der Waals surface area contributed by atoms with Gasteiger partial charge in [-0.25, -0.2) is 14.8 Å². The second-order valence-electron chi connectivity index (χ2n) is 13.8. The lowest BCUT2D eigenvalue weighted by Crippen LogP contribution is -2.49. The number of allylic oxidation sites excluding steroid dienone is 1. The van der Waals surface area contributed by atoms with Gasteiger partial charge >= 0.3 is 11.9 Å². The Kier molecular flexibility index (Phi) is 9.99. The monoisotopic (exact) mass is 621 g/mol. The molecule has 10 heteroatoms. The molecule has 3 heterocycles. The van der Waals surface area contributed by atoms with Gasteiger partial charge in [0.15, 0.2) is 0 Å². The molecular formula is C35H47N3O7. The van der Waals surface area contributed by atoms with E-state index in [4.69, 9.17) is 24.2 Å². The number of aliphatic carboxylic acids is 1. The summed E-state index contributed by atoms with van der Waals surface area (Å²) in [5, 5.41) is 10.4. The minimum absolute atomic E-state index is 0.0721. The molecule has 10 nitrogen and oxygen atoms in total. The number of aromatic nitrogens is 2. The van der Waals surface area contributed by atoms with Crippen molar-refractivity contribution < 1.29 is 33.7 Å². The molecule has 1 amide bonds. The standard InChI is InChI=1S/C35H47N3O7/c1-6-23-29-20-38(31(23)34(41)42)33(40)24(35(2,3)4)19-30(39)44-28-15-11-10-13-21(28)12-8-7-9-14-26-32(45-29)37-27-18-22(43-5)16-17-25(27)36-26/h10-11,16-18,21,23-24,28-29,31H,6-9,12-15,19-20H2,1-5H3,(H,41,42)/t21-,23-,24-,28-,29+,31+/m1/s1. The lowest BCUT2D eigenvalue weighted by atomic mass is 9.77. The molecule has 1 aliphatic carbocycles. The number of carbonyl (C=O) groups is 3. The number of carboxylic acids is 1. The average Bonchev–Trinajstić information content (AvgIpc) is 3.37. The molecule has 2 bridgehead atoms. The fraction of sp³-hybridized carbons (Fsp3) is 0.629. The lowest BCUT2D eigenvalue weighted by molar-refractivity contribution is -0.160. The van der Waals surface area contributed by atoms with Crippen molar-refractivity contribution in [2.75, 3.05) is 13.7 Å². The number of aryl methyl sites for hydroxylation is 1. The van der Waals surface area contributed by atoms with E-state index in [2.05, 4.69) is 12.2 Å². The van der Waals surface area contributed by atoms with Gasteiger partial charge in [-0.3, -0.25) is 9.59 Å². The zero-order chi connectivity index (χ0) is 32.3. The number of esters is 1. The summed E-state index contributed by atoms with van der Waals surface area (Å²) in [5.41, 5.74) is 1.46. The molecule has 1 fully saturated rings. The first-order valence-electron chi connectivity index (χ1n) is 16.4. The Morgan fingerprint density at radius 1 is 1.04 bits per heavy atom. The highest BCUT2D eigenvalue weighted by Crippen LogP contribution is 2.38. The van der Waals surface area contributed by atoms with Crippen molar-refractivity contribution in [3.8, 4) is 11.6 Å². The molecule has 0 saturated carbocycles. The van der Waals surface area contributed by atoms with Crippen molar-refractivity contribution in [3.05, 3.63) is 36.0 Å². The molecule has 6 atom stereocenters. The summed E-state index contributed by atoms with van der Waals surface area (Å²) in [4.78, 5) is 51.6. The summed E-state index contributed by atoms with van der Waals surface area (Å²) in [6.45, 7) is 7.70. The second-order valence-corrected chi connectivity index (χ2v) is 13.8. The van der Waals surface area contributed by atoms with E-state index in [0.717, 1.165) is 43.3 Å². The van der Waals surface area contributed by atoms with E-state index in [1.165, 1.54) is 4.90 Å². The van der Waals surface area contributed by atoms with Gasteiger partial charge in [-0.05, 0) is 55.6 Å². The zero-order valence-electron chi connectivity index (χ0n) is 27.2. The third-order valence-electron chi connectivity index (χ3n) is 9.76. The number of carboxylic acid groups (broad SMARTS) is 1. The van der Waals surface area contributed by atoms with Crippen molar-refractivity contribution in [2.45, 2.75) is 104 Å². The number of hydrogen-bond acceptors (Lipinski definition) is 8. The summed E-state index contributed by atoms with van der Waals surface area (Å²) in [5.74, 6) is -1.87. The molecule has 1 saturated heterocycles. The number of amides is 1. The third kappa shape index (κ3) is 7.25. The Morgan fingerprint density at radius 3 is 2.53 bits per heavy atom. The van der Waals surface area contributed by atoms with Crippen LogP contribution in [0.3, 0.4) is 0 Å². The van der Waals surface area contributed by atoms with E-state index < -0.39 is 41.3 Å². The normalized spacial score (nSPS) is 28.3. The minimum Gasteiger partial charge on any atom is -0.497 e. The molecule has 0 spiro atoms. The first-order valence-corrected chi connectivity index (χ1v) is 16.4. The number of carbonyl (C=O) groups excluding carboxylic acids is 2. The SMILES string of the molecule is CC[C@@H]1[C@@H]2CN(C(=O)[C@H](C(C)(C)C)CC(=O)O[C@@H]3CC=CC[C@H]3CCCCCc3nc4ccc(OC)cc4nc3O2)[C@@H]1C(=O)O. The molecule has 0 radical (unpaired) electrons. The lowest BCUT2D eigenvalue weighted by Gasteiger charge is -2.35. The number of ether oxygens (including phenoxy) is 3. The van der Waals surface area contributed by atoms with Gasteiger partial charge < -0.3 is 24.2 Å². The highest BCUT2D eigenvalue weighted by Gasteiger charge is 2.51. The van der Waals surface area contributed by atoms with E-state index in [1.807, 2.05) is 39.8 Å². The van der Waals surface area contributed by atoms with Crippen LogP contribution in [0.2, 0.25) is 0 Å². The number of fused-ring (bicyclic) bond motifs is 5. The van der Waals surface area contributed by atoms with Crippen LogP contribution in [0.1, 0.15) is 84.8 Å². The number of methoxy groups -OCH3 is 1. The van der Waals surface area contributed by atoms with Crippen LogP contribution in [0.5, 0.6) is 11.6 Å². The summed E-state index contributed by atoms with van der Waals surface area (Å²) in [6, 6.07) is 4.44. The number of benzene rings is 1. The average molecular weight is 622 g/mol. The molecule has 45 heavy (non-hydrogen) atoms. The van der Waals surface area contributed by atoms with Crippen molar-refractivity contribution in [2.24, 2.45) is 23.2 Å². The third-order valence-corrected chi connectivity index (χ3v) is 9.76. The quantitative estimate of drug-likeness (QED) is 0.336. The van der Waals surface area contributed by atoms with Gasteiger partial charge in [0.1, 0.15) is 29.7 Å². The molecule has 1 aromatic carbocycles. The van der Waals surface area contributed by atoms with Crippen molar-refractivity contribution >= 4 is 28.9 Å². The smallest absolute Gasteiger partial charge is 0.326 e. The number of rotatable bonds is 3. The first kappa shape index (κ1) is 32.7. The van der Waals surface area contributed by atoms with E-state index in [9.17, 15) is 19.5 Å². The second kappa shape index (κ2) is 13.7. The molecule has 244 valence electrons. The van der Waals surface area contributed by atoms with Gasteiger partial charge in [-0.1, -0.05) is 52.7 Å². The molecule has 2 aromatic rings. The maximum Gasteiger partial charge on any atom is 0.326 e. The van der Waals surface area contributed by atoms with E-state index >= 15 is 0 Å². The molecule has 2 aliphatic heterocycles. The van der Waals surface area contributed by atoms with Crippen molar-refractivity contribution in [1.82, 2.24) is 14.9 Å². The zero-order valence-corrected chi connectivity index (χ0v) is 27.2. The Balaban J connectivity index is 1.55. The van der Waals surface area contributed by atoms with Crippen LogP contribution in [0.15, 0.2) is 30.4 Å². The number of hydrogen-bond donors (Lipinski definition) is 1. The van der Waals surface area contributed by atoms with E-state index in [-0.39, 0.29) is 30.9 Å².